The highest BCUT2D eigenvalue weighted by atomic mass is 32.2. The van der Waals surface area contributed by atoms with Crippen LogP contribution in [-0.2, 0) is 97.4 Å². The SMILES string of the molecule is C=CCN1CCC[C@H]1CNC(=O)c1cc(CCCSC2CC(=O)N(CCCCCC(=O)NCCOCCOCCOCCOCCC(=O)N[C@@H](Cc3cnc[nH]3)C(=O)N[C@@H](C)C(=O)N[C@H](C(=O)N[C@@H](Cc3ccc(O)cc3)C(=O)N3CCC[C@H]3C(=O)N[C@@H](CCCN=C(N)N)C(=O)N[C@@H](Cc3cnc[nH]3)C(=O)O)[C@@H](C)CC)C2=O)cc(OC)c1OC. The third kappa shape index (κ3) is 33.0. The van der Waals surface area contributed by atoms with Crippen molar-refractivity contribution < 1.29 is 96.2 Å². The standard InChI is InChI=1S/C82H122N18O20S/c1-7-28-98-29-13-17-58(98)49-89-74(106)60-41-55(43-66(115-5)72(60)116-6)16-15-40-121-67-46-70(104)100(80(67)112)30-11-9-10-20-68(102)87-27-33-118-35-37-120-39-38-119-36-34-117-32-25-69(103)93-62(44-56-47-85-50-90-56)76(108)92-53(4)73(105)97-71(52(3)8-2)78(110)95-63(42-54-21-23-59(101)24-22-54)79(111)99-31-14-19-65(99)77(109)94-61(18-12-26-88-82(83)84)75(107)96-64(81(113)114)45-57-48-86-51-91-57/h7,21-24,41,43,47-48,50-53,58,61-65,67,71,101H,1,8-20,25-40,42,44-46,49H2,2-6H3,(H,85,90)(H,86,91)(H,87,102)(H,89,106)(H,92,108)(H,93,103)(H,94,109)(H,95,110)(H,96,107)(H,97,105)(H,113,114)(H4,83,84,88)/t52-,53-,58-,61-,62-,63-,64-,65-,67?,71-/m0/s1. The smallest absolute Gasteiger partial charge is 0.326 e. The van der Waals surface area contributed by atoms with Crippen molar-refractivity contribution in [1.29, 1.82) is 0 Å². The van der Waals surface area contributed by atoms with Crippen molar-refractivity contribution in [2.24, 2.45) is 22.4 Å². The fourth-order valence-electron chi connectivity index (χ4n) is 14.1. The number of carboxylic acids is 1. The lowest BCUT2D eigenvalue weighted by Crippen LogP contribution is -2.61. The van der Waals surface area contributed by atoms with Crippen molar-refractivity contribution in [1.82, 2.24) is 77.2 Å². The number of aliphatic carboxylic acids is 1. The number of nitrogens with zero attached hydrogens (tertiary/aromatic N) is 6. The predicted octanol–water partition coefficient (Wildman–Crippen LogP) is 0.994. The number of H-pyrrole nitrogens is 2. The lowest BCUT2D eigenvalue weighted by atomic mass is 9.96. The maximum absolute atomic E-state index is 14.9. The van der Waals surface area contributed by atoms with Gasteiger partial charge in [-0.15, -0.1) is 18.3 Å². The number of imide groups is 1. The summed E-state index contributed by atoms with van der Waals surface area (Å²) in [5, 5.41) is 41.7. The van der Waals surface area contributed by atoms with E-state index >= 15 is 0 Å². The second-order valence-corrected chi connectivity index (χ2v) is 31.2. The van der Waals surface area contributed by atoms with Gasteiger partial charge in [0, 0.05) is 108 Å². The second-order valence-electron chi connectivity index (χ2n) is 29.9. The number of aliphatic imine (C=N–C) groups is 1. The molecule has 0 saturated carbocycles. The Morgan fingerprint density at radius 2 is 1.36 bits per heavy atom. The molecule has 0 radical (unpaired) electrons. The van der Waals surface area contributed by atoms with E-state index in [4.69, 9.17) is 39.9 Å². The number of carboxylic acid groups (broad SMARTS) is 1. The number of aryl methyl sites for hydroxylation is 1. The number of rotatable bonds is 58. The van der Waals surface area contributed by atoms with E-state index in [0.29, 0.717) is 111 Å². The third-order valence-corrected chi connectivity index (χ3v) is 22.2. The molecule has 16 N–H and O–H groups in total. The Bertz CT molecular complexity index is 4020. The lowest BCUT2D eigenvalue weighted by Gasteiger charge is -2.32. The number of aromatic hydroxyl groups is 1. The Hall–Kier alpha value is -10.7. The maximum Gasteiger partial charge on any atom is 0.326 e. The van der Waals surface area contributed by atoms with Crippen molar-refractivity contribution in [3.8, 4) is 17.2 Å². The zero-order valence-corrected chi connectivity index (χ0v) is 70.7. The summed E-state index contributed by atoms with van der Waals surface area (Å²) in [4.78, 5) is 186. The molecule has 3 aliphatic rings. The van der Waals surface area contributed by atoms with Crippen LogP contribution in [0.2, 0.25) is 0 Å². The van der Waals surface area contributed by atoms with Gasteiger partial charge in [-0.25, -0.2) is 14.8 Å². The summed E-state index contributed by atoms with van der Waals surface area (Å²) in [6, 6.07) is 0.857. The number of ether oxygens (including phenoxy) is 6. The molecule has 2 aromatic heterocycles. The highest BCUT2D eigenvalue weighted by Gasteiger charge is 2.42. The molecule has 2 aromatic carbocycles. The van der Waals surface area contributed by atoms with Gasteiger partial charge in [-0.05, 0) is 125 Å². The molecule has 5 heterocycles. The number of phenols is 1. The van der Waals surface area contributed by atoms with Crippen LogP contribution in [0.25, 0.3) is 0 Å². The summed E-state index contributed by atoms with van der Waals surface area (Å²) in [5.74, 6) is -6.48. The molecule has 0 spiro atoms. The van der Waals surface area contributed by atoms with Gasteiger partial charge >= 0.3 is 5.97 Å². The number of nitrogens with one attached hydrogen (secondary N) is 10. The molecule has 10 atom stereocenters. The molecule has 3 saturated heterocycles. The van der Waals surface area contributed by atoms with Crippen LogP contribution < -0.4 is 63.5 Å². The molecule has 666 valence electrons. The molecule has 0 aliphatic carbocycles. The zero-order chi connectivity index (χ0) is 87.6. The summed E-state index contributed by atoms with van der Waals surface area (Å²) in [6.45, 7) is 13.5. The third-order valence-electron chi connectivity index (χ3n) is 20.9. The van der Waals surface area contributed by atoms with Crippen LogP contribution in [0.15, 0.2) is 79.1 Å². The number of guanidine groups is 1. The van der Waals surface area contributed by atoms with E-state index < -0.39 is 101 Å². The molecule has 39 heteroatoms. The number of benzene rings is 2. The molecule has 3 aliphatic heterocycles. The number of carbonyl (C=O) groups excluding carboxylic acids is 11. The summed E-state index contributed by atoms with van der Waals surface area (Å²) >= 11 is 1.46. The van der Waals surface area contributed by atoms with E-state index in [2.05, 4.69) is 78.9 Å². The quantitative estimate of drug-likeness (QED) is 0.00963. The predicted molar refractivity (Wildman–Crippen MR) is 447 cm³/mol. The van der Waals surface area contributed by atoms with Gasteiger partial charge in [0.25, 0.3) is 5.91 Å². The van der Waals surface area contributed by atoms with Crippen molar-refractivity contribution in [3.05, 3.63) is 102 Å². The largest absolute Gasteiger partial charge is 0.508 e. The van der Waals surface area contributed by atoms with Crippen LogP contribution in [0.1, 0.15) is 144 Å². The Morgan fingerprint density at radius 3 is 2.00 bits per heavy atom. The fourth-order valence-corrected chi connectivity index (χ4v) is 15.2. The van der Waals surface area contributed by atoms with Gasteiger partial charge in [0.2, 0.25) is 59.1 Å². The fraction of sp³-hybridized carbons (Fsp3) is 0.598. The molecule has 121 heavy (non-hydrogen) atoms. The molecular formula is C82H122N18O20S. The van der Waals surface area contributed by atoms with Crippen LogP contribution in [0.4, 0.5) is 0 Å². The molecule has 7 rings (SSSR count). The number of carbonyl (C=O) groups is 12. The number of methoxy groups -OCH3 is 2. The Kier molecular flexibility index (Phi) is 42.2. The van der Waals surface area contributed by atoms with Crippen molar-refractivity contribution in [2.75, 3.05) is 119 Å². The number of likely N-dealkylation sites (tertiary alicyclic amines) is 3. The normalized spacial score (nSPS) is 17.0. The van der Waals surface area contributed by atoms with Crippen molar-refractivity contribution in [3.63, 3.8) is 0 Å². The average Bonchev–Trinajstić information content (AvgIpc) is 1.80. The van der Waals surface area contributed by atoms with Crippen molar-refractivity contribution >= 4 is 88.7 Å². The summed E-state index contributed by atoms with van der Waals surface area (Å²) < 4.78 is 33.6. The Balaban J connectivity index is 0.750. The van der Waals surface area contributed by atoms with E-state index in [-0.39, 0.29) is 159 Å². The molecule has 4 aromatic rings. The number of unbranched alkanes of at least 4 members (excludes halogenated alkanes) is 2. The van der Waals surface area contributed by atoms with Gasteiger partial charge in [-0.3, -0.25) is 67.5 Å². The van der Waals surface area contributed by atoms with Crippen LogP contribution in [0.3, 0.4) is 0 Å². The van der Waals surface area contributed by atoms with Crippen LogP contribution in [0, 0.1) is 5.92 Å². The first kappa shape index (κ1) is 97.4. The topological polar surface area (TPSA) is 528 Å². The number of amides is 11. The van der Waals surface area contributed by atoms with Crippen LogP contribution >= 0.6 is 11.8 Å². The minimum absolute atomic E-state index is 0.0183. The van der Waals surface area contributed by atoms with E-state index in [9.17, 15) is 67.7 Å². The number of hydrogen-bond donors (Lipinski definition) is 14. The minimum Gasteiger partial charge on any atom is -0.508 e. The maximum atomic E-state index is 14.9. The van der Waals surface area contributed by atoms with E-state index in [1.807, 2.05) is 18.2 Å². The molecule has 0 bridgehead atoms. The highest BCUT2D eigenvalue weighted by molar-refractivity contribution is 8.00. The molecule has 11 amide bonds. The number of imidazole rings is 2. The van der Waals surface area contributed by atoms with E-state index in [1.165, 1.54) is 79.9 Å². The van der Waals surface area contributed by atoms with Gasteiger partial charge in [0.15, 0.2) is 17.5 Å². The van der Waals surface area contributed by atoms with Gasteiger partial charge in [0.1, 0.15) is 48.0 Å². The van der Waals surface area contributed by atoms with Crippen LogP contribution in [-0.4, -0.2) is 294 Å². The summed E-state index contributed by atoms with van der Waals surface area (Å²) in [7, 11) is 3.04. The molecular weight excluding hydrogens is 1590 g/mol. The second kappa shape index (κ2) is 52.4. The monoisotopic (exact) mass is 1710 g/mol. The number of aromatic nitrogens is 4. The Labute approximate surface area is 709 Å². The number of nitrogens with two attached hydrogens (primary N) is 2. The molecule has 38 nitrogen and oxygen atoms in total. The summed E-state index contributed by atoms with van der Waals surface area (Å²) in [5.41, 5.74) is 13.8. The number of hydrogen-bond acceptors (Lipinski definition) is 24. The van der Waals surface area contributed by atoms with Gasteiger partial charge in [0.05, 0.1) is 90.5 Å². The number of phenolic OH excluding ortho intramolecular Hbond substituents is 1. The Morgan fingerprint density at radius 1 is 0.694 bits per heavy atom. The van der Waals surface area contributed by atoms with E-state index in [0.717, 1.165) is 31.5 Å². The first-order chi connectivity index (χ1) is 58.3. The first-order valence-corrected chi connectivity index (χ1v) is 42.4. The van der Waals surface area contributed by atoms with Gasteiger partial charge in [-0.1, -0.05) is 44.9 Å². The van der Waals surface area contributed by atoms with E-state index in [1.54, 1.807) is 26.0 Å². The van der Waals surface area contributed by atoms with Crippen LogP contribution in [0.5, 0.6) is 17.2 Å². The van der Waals surface area contributed by atoms with Gasteiger partial charge < -0.3 is 108 Å². The van der Waals surface area contributed by atoms with Gasteiger partial charge in [-0.2, -0.15) is 0 Å². The number of thioether (sulfide) groups is 1. The highest BCUT2D eigenvalue weighted by Crippen LogP contribution is 2.34. The van der Waals surface area contributed by atoms with Crippen molar-refractivity contribution in [2.45, 2.75) is 190 Å². The first-order valence-electron chi connectivity index (χ1n) is 41.3. The minimum atomic E-state index is -1.41. The molecule has 3 fully saturated rings. The zero-order valence-electron chi connectivity index (χ0n) is 69.9. The number of aromatic amines is 2. The molecule has 1 unspecified atom stereocenters. The summed E-state index contributed by atoms with van der Waals surface area (Å²) in [6.07, 6.45) is 13.8. The lowest BCUT2D eigenvalue weighted by molar-refractivity contribution is -0.143. The average molecular weight is 1710 g/mol.